The number of anilines is 1. The van der Waals surface area contributed by atoms with Crippen LogP contribution in [0.5, 0.6) is 0 Å². The number of carbonyl (C=O) groups excluding carboxylic acids is 1. The van der Waals surface area contributed by atoms with Gasteiger partial charge in [0.1, 0.15) is 0 Å². The van der Waals surface area contributed by atoms with Crippen LogP contribution >= 0.6 is 11.6 Å². The van der Waals surface area contributed by atoms with Crippen LogP contribution in [0.25, 0.3) is 0 Å². The van der Waals surface area contributed by atoms with Crippen LogP contribution in [0.2, 0.25) is 5.02 Å². The predicted octanol–water partition coefficient (Wildman–Crippen LogP) is 3.85. The molecule has 0 aliphatic heterocycles. The highest BCUT2D eigenvalue weighted by Crippen LogP contribution is 2.21. The highest BCUT2D eigenvalue weighted by molar-refractivity contribution is 6.31. The van der Waals surface area contributed by atoms with Crippen LogP contribution in [0.4, 0.5) is 5.69 Å². The first kappa shape index (κ1) is 15.1. The molecule has 0 atom stereocenters. The molecule has 0 aromatic heterocycles. The van der Waals surface area contributed by atoms with E-state index in [9.17, 15) is 9.59 Å². The summed E-state index contributed by atoms with van der Waals surface area (Å²) in [5, 5.41) is 12.0. The van der Waals surface area contributed by atoms with Crippen LogP contribution in [0.3, 0.4) is 0 Å². The first-order valence-electron chi connectivity index (χ1n) is 6.44. The first-order valence-corrected chi connectivity index (χ1v) is 6.82. The van der Waals surface area contributed by atoms with E-state index in [2.05, 4.69) is 5.32 Å². The Kier molecular flexibility index (Phi) is 4.60. The monoisotopic (exact) mass is 303 g/mol. The van der Waals surface area contributed by atoms with Crippen molar-refractivity contribution in [3.8, 4) is 0 Å². The number of halogens is 1. The zero-order valence-electron chi connectivity index (χ0n) is 11.4. The summed E-state index contributed by atoms with van der Waals surface area (Å²) >= 11 is 5.77. The highest BCUT2D eigenvalue weighted by Gasteiger charge is 2.14. The fourth-order valence-electron chi connectivity index (χ4n) is 1.89. The van der Waals surface area contributed by atoms with Gasteiger partial charge in [0, 0.05) is 10.6 Å². The zero-order valence-corrected chi connectivity index (χ0v) is 12.1. The van der Waals surface area contributed by atoms with Gasteiger partial charge in [0.2, 0.25) is 0 Å². The molecule has 4 nitrogen and oxygen atoms in total. The molecule has 0 fully saturated rings. The Balaban J connectivity index is 2.24. The Hall–Kier alpha value is -2.33. The van der Waals surface area contributed by atoms with Crippen LogP contribution in [-0.4, -0.2) is 17.0 Å². The molecule has 2 N–H and O–H groups in total. The van der Waals surface area contributed by atoms with E-state index < -0.39 is 5.97 Å². The topological polar surface area (TPSA) is 66.4 Å². The van der Waals surface area contributed by atoms with E-state index in [1.807, 2.05) is 19.1 Å². The van der Waals surface area contributed by atoms with Gasteiger partial charge in [-0.3, -0.25) is 4.79 Å². The fourth-order valence-corrected chi connectivity index (χ4v) is 2.06. The molecule has 2 aromatic rings. The number of benzene rings is 2. The number of carboxylic acids is 1. The van der Waals surface area contributed by atoms with Crippen molar-refractivity contribution in [2.75, 3.05) is 5.32 Å². The summed E-state index contributed by atoms with van der Waals surface area (Å²) < 4.78 is 0. The molecule has 0 saturated heterocycles. The molecule has 2 rings (SSSR count). The summed E-state index contributed by atoms with van der Waals surface area (Å²) in [7, 11) is 0. The molecule has 5 heteroatoms. The molecule has 0 unspecified atom stereocenters. The number of carboxylic acid groups (broad SMARTS) is 1. The highest BCUT2D eigenvalue weighted by atomic mass is 35.5. The summed E-state index contributed by atoms with van der Waals surface area (Å²) in [6, 6.07) is 11.5. The van der Waals surface area contributed by atoms with E-state index in [1.54, 1.807) is 12.1 Å². The first-order chi connectivity index (χ1) is 10.0. The van der Waals surface area contributed by atoms with Gasteiger partial charge in [-0.2, -0.15) is 0 Å². The molecule has 21 heavy (non-hydrogen) atoms. The van der Waals surface area contributed by atoms with Gasteiger partial charge in [0.15, 0.2) is 0 Å². The third-order valence-electron chi connectivity index (χ3n) is 3.08. The van der Waals surface area contributed by atoms with Crippen LogP contribution in [-0.2, 0) is 6.42 Å². The number of amides is 1. The normalized spacial score (nSPS) is 10.2. The van der Waals surface area contributed by atoms with Gasteiger partial charge in [0.05, 0.1) is 11.3 Å². The van der Waals surface area contributed by atoms with Crippen molar-refractivity contribution < 1.29 is 14.7 Å². The molecule has 0 bridgehead atoms. The van der Waals surface area contributed by atoms with E-state index >= 15 is 0 Å². The Morgan fingerprint density at radius 2 is 1.81 bits per heavy atom. The smallest absolute Gasteiger partial charge is 0.337 e. The maximum Gasteiger partial charge on any atom is 0.337 e. The number of hydrogen-bond donors (Lipinski definition) is 2. The lowest BCUT2D eigenvalue weighted by molar-refractivity contribution is 0.0698. The van der Waals surface area contributed by atoms with E-state index in [0.29, 0.717) is 10.6 Å². The SMILES string of the molecule is CCc1ccc(C(=O)Nc2ccc(Cl)cc2C(=O)O)cc1. The van der Waals surface area contributed by atoms with Gasteiger partial charge in [-0.05, 0) is 42.3 Å². The standard InChI is InChI=1S/C16H14ClNO3/c1-2-10-3-5-11(6-4-10)15(19)18-14-8-7-12(17)9-13(14)16(20)21/h3-9H,2H2,1H3,(H,18,19)(H,20,21). The molecule has 0 heterocycles. The number of aryl methyl sites for hydroxylation is 1. The van der Waals surface area contributed by atoms with Gasteiger partial charge in [0.25, 0.3) is 5.91 Å². The summed E-state index contributed by atoms with van der Waals surface area (Å²) in [4.78, 5) is 23.3. The second-order valence-electron chi connectivity index (χ2n) is 4.50. The van der Waals surface area contributed by atoms with Crippen LogP contribution in [0.1, 0.15) is 33.2 Å². The summed E-state index contributed by atoms with van der Waals surface area (Å²) in [5.41, 5.74) is 1.78. The molecular weight excluding hydrogens is 290 g/mol. The van der Waals surface area contributed by atoms with E-state index in [4.69, 9.17) is 16.7 Å². The van der Waals surface area contributed by atoms with Crippen LogP contribution < -0.4 is 5.32 Å². The molecule has 108 valence electrons. The van der Waals surface area contributed by atoms with Crippen LogP contribution in [0.15, 0.2) is 42.5 Å². The number of nitrogens with one attached hydrogen (secondary N) is 1. The second kappa shape index (κ2) is 6.41. The van der Waals surface area contributed by atoms with Crippen molar-refractivity contribution in [1.29, 1.82) is 0 Å². The lowest BCUT2D eigenvalue weighted by Gasteiger charge is -2.09. The van der Waals surface area contributed by atoms with Crippen LogP contribution in [0, 0.1) is 0 Å². The number of hydrogen-bond acceptors (Lipinski definition) is 2. The molecule has 0 saturated carbocycles. The third kappa shape index (κ3) is 3.61. The minimum absolute atomic E-state index is 0.0407. The van der Waals surface area contributed by atoms with Gasteiger partial charge in [-0.15, -0.1) is 0 Å². The molecule has 0 aliphatic rings. The quantitative estimate of drug-likeness (QED) is 0.901. The number of aromatic carboxylic acids is 1. The molecule has 1 amide bonds. The maximum absolute atomic E-state index is 12.1. The molecule has 0 spiro atoms. The predicted molar refractivity (Wildman–Crippen MR) is 82.2 cm³/mol. The summed E-state index contributed by atoms with van der Waals surface area (Å²) in [6.45, 7) is 2.03. The average Bonchev–Trinajstić information content (AvgIpc) is 2.49. The van der Waals surface area contributed by atoms with Gasteiger partial charge in [-0.25, -0.2) is 4.79 Å². The summed E-state index contributed by atoms with van der Waals surface area (Å²) in [5.74, 6) is -1.50. The van der Waals surface area contributed by atoms with Crippen molar-refractivity contribution in [1.82, 2.24) is 0 Å². The second-order valence-corrected chi connectivity index (χ2v) is 4.94. The van der Waals surface area contributed by atoms with Gasteiger partial charge >= 0.3 is 5.97 Å². The molecular formula is C16H14ClNO3. The average molecular weight is 304 g/mol. The third-order valence-corrected chi connectivity index (χ3v) is 3.32. The van der Waals surface area contributed by atoms with Crippen molar-refractivity contribution in [3.63, 3.8) is 0 Å². The van der Waals surface area contributed by atoms with Crippen molar-refractivity contribution in [3.05, 3.63) is 64.2 Å². The van der Waals surface area contributed by atoms with Gasteiger partial charge in [-0.1, -0.05) is 30.7 Å². The Labute approximate surface area is 127 Å². The molecule has 2 aromatic carbocycles. The Bertz CT molecular complexity index is 680. The summed E-state index contributed by atoms with van der Waals surface area (Å²) in [6.07, 6.45) is 0.891. The Morgan fingerprint density at radius 1 is 1.14 bits per heavy atom. The maximum atomic E-state index is 12.1. The lowest BCUT2D eigenvalue weighted by Crippen LogP contribution is -2.14. The van der Waals surface area contributed by atoms with E-state index in [0.717, 1.165) is 12.0 Å². The number of rotatable bonds is 4. The number of carbonyl (C=O) groups is 2. The largest absolute Gasteiger partial charge is 0.478 e. The van der Waals surface area contributed by atoms with Crippen molar-refractivity contribution in [2.24, 2.45) is 0 Å². The molecule has 0 radical (unpaired) electrons. The Morgan fingerprint density at radius 3 is 2.38 bits per heavy atom. The lowest BCUT2D eigenvalue weighted by atomic mass is 10.1. The van der Waals surface area contributed by atoms with Crippen molar-refractivity contribution >= 4 is 29.2 Å². The molecule has 0 aliphatic carbocycles. The van der Waals surface area contributed by atoms with E-state index in [-0.39, 0.29) is 17.2 Å². The minimum atomic E-state index is -1.14. The minimum Gasteiger partial charge on any atom is -0.478 e. The fraction of sp³-hybridized carbons (Fsp3) is 0.125. The van der Waals surface area contributed by atoms with Crippen molar-refractivity contribution in [2.45, 2.75) is 13.3 Å². The van der Waals surface area contributed by atoms with E-state index in [1.165, 1.54) is 18.2 Å². The van der Waals surface area contributed by atoms with Gasteiger partial charge < -0.3 is 10.4 Å². The zero-order chi connectivity index (χ0) is 15.4.